The van der Waals surface area contributed by atoms with Crippen LogP contribution in [0.15, 0.2) is 0 Å². The molecule has 0 spiro atoms. The molecule has 0 amide bonds. The Kier molecular flexibility index (Phi) is 3.89. The zero-order valence-corrected chi connectivity index (χ0v) is 6.07. The molecule has 0 heterocycles. The van der Waals surface area contributed by atoms with Crippen molar-refractivity contribution in [2.24, 2.45) is 0 Å². The fourth-order valence-corrected chi connectivity index (χ4v) is 0.703. The van der Waals surface area contributed by atoms with Gasteiger partial charge in [0.25, 0.3) is 0 Å². The summed E-state index contributed by atoms with van der Waals surface area (Å²) in [5.41, 5.74) is 0. The van der Waals surface area contributed by atoms with Crippen LogP contribution in [0.3, 0.4) is 0 Å². The number of ether oxygens (including phenoxy) is 1. The van der Waals surface area contributed by atoms with Crippen LogP contribution < -0.4 is 0 Å². The number of thioether (sulfide) groups is 1. The van der Waals surface area contributed by atoms with E-state index in [-0.39, 0.29) is 0 Å². The summed E-state index contributed by atoms with van der Waals surface area (Å²) in [6, 6.07) is 1.79. The lowest BCUT2D eigenvalue weighted by atomic mass is 10.5. The van der Waals surface area contributed by atoms with Crippen molar-refractivity contribution in [2.75, 3.05) is 13.4 Å². The molecule has 0 radical (unpaired) electrons. The van der Waals surface area contributed by atoms with Gasteiger partial charge in [-0.25, -0.2) is 4.79 Å². The Hall–Kier alpha value is -0.690. The first-order valence-electron chi connectivity index (χ1n) is 2.26. The maximum atomic E-state index is 10.5. The molecule has 0 saturated carbocycles. The molecule has 0 aromatic rings. The van der Waals surface area contributed by atoms with Crippen LogP contribution >= 0.6 is 11.8 Å². The van der Waals surface area contributed by atoms with Gasteiger partial charge in [0.05, 0.1) is 13.2 Å². The van der Waals surface area contributed by atoms with Gasteiger partial charge < -0.3 is 4.74 Å². The molecule has 0 aliphatic carbocycles. The summed E-state index contributed by atoms with van der Waals surface area (Å²) in [6.45, 7) is 0. The van der Waals surface area contributed by atoms with E-state index in [1.165, 1.54) is 18.9 Å². The van der Waals surface area contributed by atoms with Gasteiger partial charge in [-0.05, 0) is 6.26 Å². The van der Waals surface area contributed by atoms with Crippen LogP contribution in [0, 0.1) is 11.3 Å². The second kappa shape index (κ2) is 4.21. The normalized spacial score (nSPS) is 11.7. The number of esters is 1. The molecule has 0 aliphatic heterocycles. The second-order valence-electron chi connectivity index (χ2n) is 1.27. The van der Waals surface area contributed by atoms with Crippen molar-refractivity contribution in [1.82, 2.24) is 0 Å². The molecule has 4 heteroatoms. The molecule has 9 heavy (non-hydrogen) atoms. The van der Waals surface area contributed by atoms with E-state index >= 15 is 0 Å². The lowest BCUT2D eigenvalue weighted by Gasteiger charge is -1.99. The van der Waals surface area contributed by atoms with Crippen molar-refractivity contribution in [1.29, 1.82) is 5.26 Å². The van der Waals surface area contributed by atoms with Gasteiger partial charge in [0.2, 0.25) is 0 Å². The number of nitriles is 1. The summed E-state index contributed by atoms with van der Waals surface area (Å²) in [4.78, 5) is 10.5. The van der Waals surface area contributed by atoms with E-state index in [0.717, 1.165) is 0 Å². The van der Waals surface area contributed by atoms with E-state index in [1.807, 2.05) is 0 Å². The lowest BCUT2D eigenvalue weighted by molar-refractivity contribution is -0.138. The molecule has 0 aromatic heterocycles. The number of rotatable bonds is 2. The summed E-state index contributed by atoms with van der Waals surface area (Å²) in [5, 5.41) is 7.58. The Balaban J connectivity index is 3.84. The number of hydrogen-bond acceptors (Lipinski definition) is 4. The molecule has 0 rings (SSSR count). The van der Waals surface area contributed by atoms with Crippen LogP contribution in [0.5, 0.6) is 0 Å². The molecule has 0 bridgehead atoms. The van der Waals surface area contributed by atoms with Crippen molar-refractivity contribution >= 4 is 17.7 Å². The quantitative estimate of drug-likeness (QED) is 0.528. The first-order chi connectivity index (χ1) is 4.26. The minimum absolute atomic E-state index is 0.481. The third-order valence-corrected chi connectivity index (χ3v) is 1.54. The summed E-state index contributed by atoms with van der Waals surface area (Å²) in [6.07, 6.45) is 1.69. The van der Waals surface area contributed by atoms with Gasteiger partial charge >= 0.3 is 5.97 Å². The first kappa shape index (κ1) is 8.31. The van der Waals surface area contributed by atoms with Gasteiger partial charge in [0.1, 0.15) is 0 Å². The molecule has 50 valence electrons. The van der Waals surface area contributed by atoms with Crippen LogP contribution in [0.1, 0.15) is 0 Å². The van der Waals surface area contributed by atoms with Gasteiger partial charge in [0.15, 0.2) is 5.25 Å². The number of carbonyl (C=O) groups is 1. The van der Waals surface area contributed by atoms with E-state index in [0.29, 0.717) is 0 Å². The van der Waals surface area contributed by atoms with Crippen LogP contribution in [0.4, 0.5) is 0 Å². The van der Waals surface area contributed by atoms with Gasteiger partial charge in [-0.2, -0.15) is 5.26 Å². The number of nitrogens with zero attached hydrogens (tertiary/aromatic N) is 1. The fraction of sp³-hybridized carbons (Fsp3) is 0.600. The minimum Gasteiger partial charge on any atom is -0.467 e. The van der Waals surface area contributed by atoms with Gasteiger partial charge in [-0.3, -0.25) is 0 Å². The highest BCUT2D eigenvalue weighted by Crippen LogP contribution is 2.05. The average Bonchev–Trinajstić information content (AvgIpc) is 1.90. The zero-order chi connectivity index (χ0) is 7.28. The smallest absolute Gasteiger partial charge is 0.333 e. The largest absolute Gasteiger partial charge is 0.467 e. The number of methoxy groups -OCH3 is 1. The molecule has 1 unspecified atom stereocenters. The predicted molar refractivity (Wildman–Crippen MR) is 34.9 cm³/mol. The van der Waals surface area contributed by atoms with Crippen molar-refractivity contribution in [3.8, 4) is 6.07 Å². The van der Waals surface area contributed by atoms with Crippen LogP contribution in [0.2, 0.25) is 0 Å². The summed E-state index contributed by atoms with van der Waals surface area (Å²) >= 11 is 1.17. The Morgan fingerprint density at radius 2 is 2.44 bits per heavy atom. The van der Waals surface area contributed by atoms with Crippen LogP contribution in [-0.4, -0.2) is 24.6 Å². The van der Waals surface area contributed by atoms with E-state index in [4.69, 9.17) is 5.26 Å². The molecule has 1 atom stereocenters. The van der Waals surface area contributed by atoms with Crippen molar-refractivity contribution in [3.63, 3.8) is 0 Å². The molecular formula is C5H7NO2S. The van der Waals surface area contributed by atoms with Crippen LogP contribution in [0.25, 0.3) is 0 Å². The summed E-state index contributed by atoms with van der Waals surface area (Å²) < 4.78 is 4.31. The topological polar surface area (TPSA) is 50.1 Å². The van der Waals surface area contributed by atoms with E-state index in [2.05, 4.69) is 4.74 Å². The summed E-state index contributed by atoms with van der Waals surface area (Å²) in [5.74, 6) is -0.481. The monoisotopic (exact) mass is 145 g/mol. The standard InChI is InChI=1S/C5H7NO2S/c1-8-5(7)4(3-6)9-2/h4H,1-2H3. The SMILES string of the molecule is COC(=O)C(C#N)SC. The zero-order valence-electron chi connectivity index (χ0n) is 5.25. The lowest BCUT2D eigenvalue weighted by Crippen LogP contribution is -2.15. The van der Waals surface area contributed by atoms with Gasteiger partial charge in [-0.15, -0.1) is 11.8 Å². The Labute approximate surface area is 58.0 Å². The van der Waals surface area contributed by atoms with Crippen molar-refractivity contribution in [3.05, 3.63) is 0 Å². The third-order valence-electron chi connectivity index (χ3n) is 0.768. The molecule has 0 N–H and O–H groups in total. The molecule has 0 aliphatic rings. The minimum atomic E-state index is -0.671. The molecule has 0 aromatic carbocycles. The number of hydrogen-bond donors (Lipinski definition) is 0. The third kappa shape index (κ3) is 2.38. The Morgan fingerprint density at radius 1 is 1.89 bits per heavy atom. The van der Waals surface area contributed by atoms with E-state index < -0.39 is 11.2 Å². The van der Waals surface area contributed by atoms with E-state index in [1.54, 1.807) is 12.3 Å². The molecule has 0 fully saturated rings. The maximum absolute atomic E-state index is 10.5. The predicted octanol–water partition coefficient (Wildman–Crippen LogP) is 0.415. The van der Waals surface area contributed by atoms with E-state index in [9.17, 15) is 4.79 Å². The Morgan fingerprint density at radius 3 is 2.56 bits per heavy atom. The van der Waals surface area contributed by atoms with Gasteiger partial charge in [0, 0.05) is 0 Å². The number of carbonyl (C=O) groups excluding carboxylic acids is 1. The molecule has 0 saturated heterocycles. The molecular weight excluding hydrogens is 138 g/mol. The highest BCUT2D eigenvalue weighted by atomic mass is 32.2. The second-order valence-corrected chi connectivity index (χ2v) is 2.21. The fourth-order valence-electron chi connectivity index (χ4n) is 0.309. The molecule has 3 nitrogen and oxygen atoms in total. The van der Waals surface area contributed by atoms with Crippen molar-refractivity contribution in [2.45, 2.75) is 5.25 Å². The first-order valence-corrected chi connectivity index (χ1v) is 3.55. The average molecular weight is 145 g/mol. The summed E-state index contributed by atoms with van der Waals surface area (Å²) in [7, 11) is 1.27. The van der Waals surface area contributed by atoms with Crippen molar-refractivity contribution < 1.29 is 9.53 Å². The Bertz CT molecular complexity index is 140. The van der Waals surface area contributed by atoms with Crippen LogP contribution in [-0.2, 0) is 9.53 Å². The highest BCUT2D eigenvalue weighted by molar-refractivity contribution is 8.00. The highest BCUT2D eigenvalue weighted by Gasteiger charge is 2.15. The van der Waals surface area contributed by atoms with Gasteiger partial charge in [-0.1, -0.05) is 0 Å². The maximum Gasteiger partial charge on any atom is 0.333 e.